The number of ether oxygens (including phenoxy) is 2. The highest BCUT2D eigenvalue weighted by atomic mass is 35.5. The predicted molar refractivity (Wildman–Crippen MR) is 97.3 cm³/mol. The molecule has 2 aromatic heterocycles. The van der Waals surface area contributed by atoms with Crippen molar-refractivity contribution < 1.29 is 18.7 Å². The smallest absolute Gasteiger partial charge is 0.252 e. The Morgan fingerprint density at radius 3 is 2.96 bits per heavy atom. The van der Waals surface area contributed by atoms with Crippen LogP contribution in [0.15, 0.2) is 47.1 Å². The van der Waals surface area contributed by atoms with Gasteiger partial charge < -0.3 is 19.2 Å². The van der Waals surface area contributed by atoms with Crippen molar-refractivity contribution in [2.45, 2.75) is 6.10 Å². The molecule has 4 rings (SSSR count). The SMILES string of the molecule is O=C(NC[C@H]1COCCO1)c1cc(-c2ccco2)nc2c(Cl)cccc12. The number of carbonyl (C=O) groups is 1. The number of aromatic nitrogens is 1. The lowest BCUT2D eigenvalue weighted by molar-refractivity contribution is -0.0855. The summed E-state index contributed by atoms with van der Waals surface area (Å²) in [6.45, 7) is 1.97. The molecule has 6 nitrogen and oxygen atoms in total. The highest BCUT2D eigenvalue weighted by molar-refractivity contribution is 6.35. The Morgan fingerprint density at radius 1 is 1.27 bits per heavy atom. The van der Waals surface area contributed by atoms with Crippen LogP contribution in [0, 0.1) is 0 Å². The van der Waals surface area contributed by atoms with Gasteiger partial charge >= 0.3 is 0 Å². The van der Waals surface area contributed by atoms with Crippen LogP contribution in [0.1, 0.15) is 10.4 Å². The third-order valence-electron chi connectivity index (χ3n) is 4.18. The first-order valence-corrected chi connectivity index (χ1v) is 8.71. The van der Waals surface area contributed by atoms with E-state index in [9.17, 15) is 4.79 Å². The van der Waals surface area contributed by atoms with E-state index in [2.05, 4.69) is 10.3 Å². The fraction of sp³-hybridized carbons (Fsp3) is 0.263. The molecule has 1 fully saturated rings. The van der Waals surface area contributed by atoms with Gasteiger partial charge in [-0.05, 0) is 24.3 Å². The molecule has 1 N–H and O–H groups in total. The van der Waals surface area contributed by atoms with E-state index in [1.165, 1.54) is 0 Å². The molecule has 7 heteroatoms. The summed E-state index contributed by atoms with van der Waals surface area (Å²) in [4.78, 5) is 17.4. The highest BCUT2D eigenvalue weighted by Crippen LogP contribution is 2.29. The lowest BCUT2D eigenvalue weighted by Gasteiger charge is -2.23. The normalized spacial score (nSPS) is 17.3. The van der Waals surface area contributed by atoms with E-state index in [4.69, 9.17) is 25.5 Å². The molecule has 0 unspecified atom stereocenters. The van der Waals surface area contributed by atoms with Crippen LogP contribution in [0.2, 0.25) is 5.02 Å². The second kappa shape index (κ2) is 7.45. The number of halogens is 1. The first-order valence-electron chi connectivity index (χ1n) is 8.33. The maximum atomic E-state index is 12.8. The summed E-state index contributed by atoms with van der Waals surface area (Å²) in [6.07, 6.45) is 1.42. The van der Waals surface area contributed by atoms with Crippen LogP contribution in [0.25, 0.3) is 22.4 Å². The molecule has 26 heavy (non-hydrogen) atoms. The second-order valence-corrected chi connectivity index (χ2v) is 6.35. The van der Waals surface area contributed by atoms with E-state index < -0.39 is 0 Å². The summed E-state index contributed by atoms with van der Waals surface area (Å²) in [5.74, 6) is 0.353. The van der Waals surface area contributed by atoms with Crippen LogP contribution in [0.4, 0.5) is 0 Å². The molecular formula is C19H17ClN2O4. The minimum atomic E-state index is -0.221. The molecule has 3 aromatic rings. The quantitative estimate of drug-likeness (QED) is 0.760. The predicted octanol–water partition coefficient (Wildman–Crippen LogP) is 3.29. The van der Waals surface area contributed by atoms with Crippen molar-refractivity contribution in [3.8, 4) is 11.5 Å². The van der Waals surface area contributed by atoms with Gasteiger partial charge in [-0.25, -0.2) is 4.98 Å². The van der Waals surface area contributed by atoms with Gasteiger partial charge in [0, 0.05) is 11.9 Å². The van der Waals surface area contributed by atoms with E-state index in [0.717, 1.165) is 0 Å². The Labute approximate surface area is 155 Å². The number of pyridine rings is 1. The summed E-state index contributed by atoms with van der Waals surface area (Å²) in [7, 11) is 0. The number of nitrogens with zero attached hydrogens (tertiary/aromatic N) is 1. The van der Waals surface area contributed by atoms with Crippen molar-refractivity contribution in [1.29, 1.82) is 0 Å². The lowest BCUT2D eigenvalue weighted by atomic mass is 10.1. The Morgan fingerprint density at radius 2 is 2.19 bits per heavy atom. The second-order valence-electron chi connectivity index (χ2n) is 5.95. The third kappa shape index (κ3) is 3.44. The molecule has 0 aliphatic carbocycles. The molecule has 0 saturated carbocycles. The fourth-order valence-corrected chi connectivity index (χ4v) is 3.12. The number of hydrogen-bond acceptors (Lipinski definition) is 5. The molecule has 0 bridgehead atoms. The number of rotatable bonds is 4. The number of carbonyl (C=O) groups excluding carboxylic acids is 1. The van der Waals surface area contributed by atoms with Gasteiger partial charge in [0.15, 0.2) is 5.76 Å². The van der Waals surface area contributed by atoms with E-state index in [0.29, 0.717) is 59.3 Å². The van der Waals surface area contributed by atoms with Crippen molar-refractivity contribution >= 4 is 28.4 Å². The van der Waals surface area contributed by atoms with Gasteiger partial charge in [-0.1, -0.05) is 23.7 Å². The average Bonchev–Trinajstić information content (AvgIpc) is 3.21. The summed E-state index contributed by atoms with van der Waals surface area (Å²) in [5, 5.41) is 4.07. The van der Waals surface area contributed by atoms with Crippen molar-refractivity contribution in [3.05, 3.63) is 53.2 Å². The molecule has 1 aliphatic heterocycles. The van der Waals surface area contributed by atoms with Gasteiger partial charge in [0.25, 0.3) is 5.91 Å². The zero-order valence-corrected chi connectivity index (χ0v) is 14.7. The number of nitrogens with one attached hydrogen (secondary N) is 1. The van der Waals surface area contributed by atoms with Crippen molar-refractivity contribution in [2.75, 3.05) is 26.4 Å². The Bertz CT molecular complexity index is 921. The molecule has 0 radical (unpaired) electrons. The van der Waals surface area contributed by atoms with Gasteiger partial charge in [0.2, 0.25) is 0 Å². The average molecular weight is 373 g/mol. The highest BCUT2D eigenvalue weighted by Gasteiger charge is 2.19. The number of para-hydroxylation sites is 1. The maximum absolute atomic E-state index is 12.8. The van der Waals surface area contributed by atoms with Crippen LogP contribution in [0.3, 0.4) is 0 Å². The zero-order valence-electron chi connectivity index (χ0n) is 13.9. The minimum Gasteiger partial charge on any atom is -0.463 e. The van der Waals surface area contributed by atoms with E-state index in [1.54, 1.807) is 36.6 Å². The molecule has 134 valence electrons. The Balaban J connectivity index is 1.68. The van der Waals surface area contributed by atoms with E-state index in [-0.39, 0.29) is 12.0 Å². The van der Waals surface area contributed by atoms with Gasteiger partial charge in [0.05, 0.1) is 48.3 Å². The molecule has 1 aromatic carbocycles. The first-order chi connectivity index (χ1) is 12.7. The largest absolute Gasteiger partial charge is 0.463 e. The van der Waals surface area contributed by atoms with Gasteiger partial charge in [-0.2, -0.15) is 0 Å². The zero-order chi connectivity index (χ0) is 17.9. The summed E-state index contributed by atoms with van der Waals surface area (Å²) >= 11 is 6.30. The van der Waals surface area contributed by atoms with Crippen molar-refractivity contribution in [2.24, 2.45) is 0 Å². The number of fused-ring (bicyclic) bond motifs is 1. The van der Waals surface area contributed by atoms with Crippen LogP contribution in [-0.4, -0.2) is 43.4 Å². The number of benzene rings is 1. The Hall–Kier alpha value is -2.41. The van der Waals surface area contributed by atoms with Gasteiger partial charge in [-0.3, -0.25) is 4.79 Å². The summed E-state index contributed by atoms with van der Waals surface area (Å²) in [6, 6.07) is 10.7. The van der Waals surface area contributed by atoms with Crippen molar-refractivity contribution in [3.63, 3.8) is 0 Å². The maximum Gasteiger partial charge on any atom is 0.252 e. The van der Waals surface area contributed by atoms with Gasteiger partial charge in [-0.15, -0.1) is 0 Å². The first kappa shape index (κ1) is 17.0. The molecule has 1 aliphatic rings. The molecular weight excluding hydrogens is 356 g/mol. The molecule has 1 amide bonds. The fourth-order valence-electron chi connectivity index (χ4n) is 2.91. The van der Waals surface area contributed by atoms with Crippen LogP contribution < -0.4 is 5.32 Å². The Kier molecular flexibility index (Phi) is 4.88. The van der Waals surface area contributed by atoms with E-state index in [1.807, 2.05) is 6.07 Å². The minimum absolute atomic E-state index is 0.145. The summed E-state index contributed by atoms with van der Waals surface area (Å²) < 4.78 is 16.3. The number of hydrogen-bond donors (Lipinski definition) is 1. The molecule has 3 heterocycles. The topological polar surface area (TPSA) is 73.6 Å². The number of amides is 1. The molecule has 1 saturated heterocycles. The monoisotopic (exact) mass is 372 g/mol. The van der Waals surface area contributed by atoms with Crippen LogP contribution in [0.5, 0.6) is 0 Å². The number of furan rings is 1. The van der Waals surface area contributed by atoms with Crippen LogP contribution in [-0.2, 0) is 9.47 Å². The van der Waals surface area contributed by atoms with Crippen LogP contribution >= 0.6 is 11.6 Å². The summed E-state index contributed by atoms with van der Waals surface area (Å²) in [5.41, 5.74) is 1.60. The molecule has 1 atom stereocenters. The van der Waals surface area contributed by atoms with Crippen molar-refractivity contribution in [1.82, 2.24) is 10.3 Å². The van der Waals surface area contributed by atoms with E-state index >= 15 is 0 Å². The lowest BCUT2D eigenvalue weighted by Crippen LogP contribution is -2.39. The van der Waals surface area contributed by atoms with Gasteiger partial charge in [0.1, 0.15) is 5.69 Å². The standard InChI is InChI=1S/C19H17ClN2O4/c20-15-4-1-3-13-14(19(23)21-10-12-11-24-7-8-25-12)9-16(22-18(13)15)17-5-2-6-26-17/h1-6,9,12H,7-8,10-11H2,(H,21,23)/t12-/m0/s1. The molecule has 0 spiro atoms. The third-order valence-corrected chi connectivity index (χ3v) is 4.49.